The summed E-state index contributed by atoms with van der Waals surface area (Å²) in [4.78, 5) is 2.41. The Morgan fingerprint density at radius 2 is 1.02 bits per heavy atom. The lowest BCUT2D eigenvalue weighted by atomic mass is 10.0. The van der Waals surface area contributed by atoms with Gasteiger partial charge in [0.1, 0.15) is 11.2 Å². The van der Waals surface area contributed by atoms with E-state index in [0.29, 0.717) is 0 Å². The maximum Gasteiger partial charge on any atom is 0.137 e. The third-order valence-corrected chi connectivity index (χ3v) is 10.4. The molecule has 0 spiro atoms. The predicted molar refractivity (Wildman–Crippen MR) is 202 cm³/mol. The van der Waals surface area contributed by atoms with E-state index in [4.69, 9.17) is 4.42 Å². The van der Waals surface area contributed by atoms with Crippen molar-refractivity contribution >= 4 is 53.0 Å². The van der Waals surface area contributed by atoms with Crippen molar-refractivity contribution in [3.63, 3.8) is 0 Å². The molecule has 0 amide bonds. The Morgan fingerprint density at radius 1 is 0.447 bits per heavy atom. The number of hydrogen-bond donors (Lipinski definition) is 0. The van der Waals surface area contributed by atoms with Crippen LogP contribution in [0.25, 0.3) is 55.3 Å². The van der Waals surface area contributed by atoms with Crippen LogP contribution in [-0.4, -0.2) is 8.80 Å². The molecule has 0 atom stereocenters. The van der Waals surface area contributed by atoms with Gasteiger partial charge < -0.3 is 9.32 Å². The molecule has 0 aliphatic heterocycles. The lowest BCUT2D eigenvalue weighted by molar-refractivity contribution is 0.669. The summed E-state index contributed by atoms with van der Waals surface area (Å²) < 4.78 is 6.50. The molecule has 225 valence electrons. The van der Waals surface area contributed by atoms with E-state index in [9.17, 15) is 0 Å². The molecule has 1 radical (unpaired) electrons. The molecule has 47 heavy (non-hydrogen) atoms. The SMILES string of the molecule is C[Si](C)c1cc(N(c2ccc(-c3ccccc3)cc2)c2cccc3oc4ccc(-c5ccccc5)cc4c23)ccc1-c1ccccc1. The Kier molecular flexibility index (Phi) is 7.52. The highest BCUT2D eigenvalue weighted by Gasteiger charge is 2.22. The summed E-state index contributed by atoms with van der Waals surface area (Å²) in [6.45, 7) is 4.76. The molecular weight excluding hydrogens is 587 g/mol. The van der Waals surface area contributed by atoms with E-state index in [0.717, 1.165) is 39.0 Å². The Morgan fingerprint density at radius 3 is 1.68 bits per heavy atom. The van der Waals surface area contributed by atoms with Crippen LogP contribution in [0.1, 0.15) is 0 Å². The van der Waals surface area contributed by atoms with Gasteiger partial charge in [-0.05, 0) is 81.9 Å². The van der Waals surface area contributed by atoms with Crippen molar-refractivity contribution < 1.29 is 4.42 Å². The zero-order chi connectivity index (χ0) is 31.7. The second-order valence-electron chi connectivity index (χ2n) is 12.2. The third-order valence-electron chi connectivity index (χ3n) is 8.94. The molecule has 2 nitrogen and oxygen atoms in total. The second-order valence-corrected chi connectivity index (χ2v) is 14.7. The first-order valence-corrected chi connectivity index (χ1v) is 18.6. The van der Waals surface area contributed by atoms with Gasteiger partial charge in [-0.1, -0.05) is 140 Å². The molecule has 8 rings (SSSR count). The van der Waals surface area contributed by atoms with Crippen LogP contribution in [0, 0.1) is 0 Å². The second kappa shape index (κ2) is 12.3. The van der Waals surface area contributed by atoms with Crippen molar-refractivity contribution in [2.24, 2.45) is 0 Å². The highest BCUT2D eigenvalue weighted by Crippen LogP contribution is 2.44. The largest absolute Gasteiger partial charge is 0.456 e. The van der Waals surface area contributed by atoms with Gasteiger partial charge in [0, 0.05) is 16.8 Å². The molecule has 0 N–H and O–H groups in total. The monoisotopic (exact) mass is 620 g/mol. The highest BCUT2D eigenvalue weighted by molar-refractivity contribution is 6.72. The van der Waals surface area contributed by atoms with Gasteiger partial charge in [-0.3, -0.25) is 0 Å². The first kappa shape index (κ1) is 28.8. The van der Waals surface area contributed by atoms with Crippen molar-refractivity contribution in [3.8, 4) is 33.4 Å². The van der Waals surface area contributed by atoms with Crippen molar-refractivity contribution in [1.29, 1.82) is 0 Å². The van der Waals surface area contributed by atoms with Gasteiger partial charge >= 0.3 is 0 Å². The van der Waals surface area contributed by atoms with Crippen molar-refractivity contribution in [2.75, 3.05) is 4.90 Å². The molecule has 7 aromatic carbocycles. The summed E-state index contributed by atoms with van der Waals surface area (Å²) in [6, 6.07) is 60.8. The number of anilines is 3. The first-order chi connectivity index (χ1) is 23.1. The van der Waals surface area contributed by atoms with E-state index < -0.39 is 8.80 Å². The first-order valence-electron chi connectivity index (χ1n) is 16.1. The summed E-state index contributed by atoms with van der Waals surface area (Å²) in [5.41, 5.74) is 12.4. The van der Waals surface area contributed by atoms with E-state index in [2.05, 4.69) is 188 Å². The molecule has 0 fully saturated rings. The predicted octanol–water partition coefficient (Wildman–Crippen LogP) is 12.0. The Labute approximate surface area is 277 Å². The van der Waals surface area contributed by atoms with Crippen molar-refractivity contribution in [2.45, 2.75) is 13.1 Å². The number of rotatable bonds is 7. The summed E-state index contributed by atoms with van der Waals surface area (Å²) in [6.07, 6.45) is 0. The van der Waals surface area contributed by atoms with E-state index in [1.807, 2.05) is 0 Å². The van der Waals surface area contributed by atoms with Gasteiger partial charge in [-0.2, -0.15) is 0 Å². The smallest absolute Gasteiger partial charge is 0.137 e. The summed E-state index contributed by atoms with van der Waals surface area (Å²) in [5, 5.41) is 3.64. The van der Waals surface area contributed by atoms with E-state index in [-0.39, 0.29) is 0 Å². The fourth-order valence-corrected chi connectivity index (χ4v) is 7.82. The highest BCUT2D eigenvalue weighted by atomic mass is 28.3. The summed E-state index contributed by atoms with van der Waals surface area (Å²) in [5.74, 6) is 0. The minimum atomic E-state index is -0.796. The zero-order valence-corrected chi connectivity index (χ0v) is 27.5. The molecule has 8 aromatic rings. The molecule has 0 unspecified atom stereocenters. The van der Waals surface area contributed by atoms with Crippen LogP contribution in [0.5, 0.6) is 0 Å². The molecule has 1 heterocycles. The van der Waals surface area contributed by atoms with Crippen molar-refractivity contribution in [1.82, 2.24) is 0 Å². The quantitative estimate of drug-likeness (QED) is 0.165. The van der Waals surface area contributed by atoms with Gasteiger partial charge in [0.25, 0.3) is 0 Å². The van der Waals surface area contributed by atoms with Gasteiger partial charge in [0.05, 0.1) is 19.9 Å². The number of benzene rings is 7. The van der Waals surface area contributed by atoms with E-state index in [1.54, 1.807) is 0 Å². The molecule has 1 aromatic heterocycles. The Hall–Kier alpha value is -5.64. The van der Waals surface area contributed by atoms with Crippen LogP contribution >= 0.6 is 0 Å². The normalized spacial score (nSPS) is 11.4. The Bertz CT molecular complexity index is 2310. The molecular formula is C44H34NOSi. The van der Waals surface area contributed by atoms with E-state index >= 15 is 0 Å². The number of nitrogens with zero attached hydrogens (tertiary/aromatic N) is 1. The minimum absolute atomic E-state index is 0.796. The van der Waals surface area contributed by atoms with Crippen molar-refractivity contribution in [3.05, 3.63) is 170 Å². The van der Waals surface area contributed by atoms with Gasteiger partial charge in [0.15, 0.2) is 0 Å². The van der Waals surface area contributed by atoms with Crippen LogP contribution in [0.2, 0.25) is 13.1 Å². The molecule has 0 saturated carbocycles. The number of hydrogen-bond acceptors (Lipinski definition) is 2. The summed E-state index contributed by atoms with van der Waals surface area (Å²) >= 11 is 0. The van der Waals surface area contributed by atoms with Crippen LogP contribution in [0.4, 0.5) is 17.1 Å². The topological polar surface area (TPSA) is 16.4 Å². The molecule has 0 aliphatic carbocycles. The van der Waals surface area contributed by atoms with E-state index in [1.165, 1.54) is 38.6 Å². The standard InChI is InChI=1S/C44H34NOSi/c1-47(2)43-30-37(26-27-38(43)34-17-10-5-11-18-34)45(36-24-21-33(22-25-36)31-13-6-3-7-14-31)40-19-12-20-42-44(40)39-29-35(23-28-41(39)46-42)32-15-8-4-9-16-32/h3-30H,1-2H3. The summed E-state index contributed by atoms with van der Waals surface area (Å²) in [7, 11) is -0.796. The Balaban J connectivity index is 1.35. The van der Waals surface area contributed by atoms with Crippen LogP contribution < -0.4 is 10.1 Å². The maximum atomic E-state index is 6.50. The number of furan rings is 1. The van der Waals surface area contributed by atoms with Gasteiger partial charge in [-0.15, -0.1) is 0 Å². The minimum Gasteiger partial charge on any atom is -0.456 e. The lowest BCUT2D eigenvalue weighted by Crippen LogP contribution is -2.26. The van der Waals surface area contributed by atoms with Crippen LogP contribution in [0.15, 0.2) is 174 Å². The zero-order valence-electron chi connectivity index (χ0n) is 26.5. The number of fused-ring (bicyclic) bond motifs is 3. The average molecular weight is 621 g/mol. The molecule has 3 heteroatoms. The molecule has 0 aliphatic rings. The maximum absolute atomic E-state index is 6.50. The molecule has 0 saturated heterocycles. The fourth-order valence-electron chi connectivity index (χ4n) is 6.62. The third kappa shape index (κ3) is 5.45. The fraction of sp³-hybridized carbons (Fsp3) is 0.0455. The molecule has 0 bridgehead atoms. The van der Waals surface area contributed by atoms with Crippen LogP contribution in [-0.2, 0) is 0 Å². The average Bonchev–Trinajstić information content (AvgIpc) is 3.52. The van der Waals surface area contributed by atoms with Gasteiger partial charge in [-0.25, -0.2) is 0 Å². The van der Waals surface area contributed by atoms with Gasteiger partial charge in [0.2, 0.25) is 0 Å². The van der Waals surface area contributed by atoms with Crippen LogP contribution in [0.3, 0.4) is 0 Å². The lowest BCUT2D eigenvalue weighted by Gasteiger charge is -2.28.